The SMILES string of the molecule is O=P(O)(O)O.[2H]N(c1cc(N2CCN(C)CC2)nc(Sc2ccc(NC(=O)C3CC3)cc2)n1)c1cc(C)n([2H])n1. The Morgan fingerprint density at radius 3 is 2.37 bits per heavy atom. The number of aryl methyl sites for hydroxylation is 1. The molecule has 13 nitrogen and oxygen atoms in total. The molecule has 2 aromatic heterocycles. The Kier molecular flexibility index (Phi) is 8.15. The molecule has 1 saturated heterocycles. The first-order chi connectivity index (χ1) is 18.9. The molecule has 2 fully saturated rings. The molecular weight excluding hydrogens is 531 g/mol. The molecule has 3 aromatic rings. The molecule has 38 heavy (non-hydrogen) atoms. The molecule has 204 valence electrons. The molecule has 0 unspecified atom stereocenters. The van der Waals surface area contributed by atoms with Crippen molar-refractivity contribution < 1.29 is 26.9 Å². The largest absolute Gasteiger partial charge is 0.466 e. The molecule has 0 radical (unpaired) electrons. The second-order valence-electron chi connectivity index (χ2n) is 9.02. The number of aromatic nitrogens is 4. The summed E-state index contributed by atoms with van der Waals surface area (Å²) in [6.07, 6.45) is 1.94. The molecule has 15 heteroatoms. The van der Waals surface area contributed by atoms with E-state index in [4.69, 9.17) is 27.1 Å². The van der Waals surface area contributed by atoms with Crippen LogP contribution in [0.4, 0.5) is 23.1 Å². The van der Waals surface area contributed by atoms with Crippen LogP contribution in [0.15, 0.2) is 46.5 Å². The molecule has 0 bridgehead atoms. The lowest BCUT2D eigenvalue weighted by atomic mass is 10.3. The lowest BCUT2D eigenvalue weighted by Gasteiger charge is -2.33. The molecule has 1 aliphatic carbocycles. The maximum Gasteiger partial charge on any atom is 0.466 e. The van der Waals surface area contributed by atoms with Crippen molar-refractivity contribution in [3.8, 4) is 0 Å². The molecule has 1 aromatic carbocycles. The number of rotatable bonds is 7. The van der Waals surface area contributed by atoms with Crippen molar-refractivity contribution in [3.63, 3.8) is 0 Å². The highest BCUT2D eigenvalue weighted by Crippen LogP contribution is 2.32. The highest BCUT2D eigenvalue weighted by Gasteiger charge is 2.29. The van der Waals surface area contributed by atoms with Gasteiger partial charge in [-0.2, -0.15) is 5.10 Å². The molecule has 2 aliphatic rings. The van der Waals surface area contributed by atoms with E-state index >= 15 is 0 Å². The molecule has 0 spiro atoms. The number of likely N-dealkylation sites (N-methyl/N-ethyl adjacent to an activating group) is 1. The lowest BCUT2D eigenvalue weighted by molar-refractivity contribution is -0.117. The van der Waals surface area contributed by atoms with Gasteiger partial charge in [0.25, 0.3) is 0 Å². The topological polar surface area (TPSA) is 180 Å². The smallest absolute Gasteiger partial charge is 0.354 e. The molecule has 1 saturated carbocycles. The number of amides is 1. The fraction of sp³-hybridized carbons (Fsp3) is 0.391. The minimum atomic E-state index is -4.64. The molecule has 5 rings (SSSR count). The highest BCUT2D eigenvalue weighted by atomic mass is 32.2. The summed E-state index contributed by atoms with van der Waals surface area (Å²) >= 11 is 1.40. The van der Waals surface area contributed by atoms with Crippen molar-refractivity contribution in [1.82, 2.24) is 25.1 Å². The maximum atomic E-state index is 12.0. The number of H-pyrrole nitrogens is 1. The van der Waals surface area contributed by atoms with Gasteiger partial charge in [0.15, 0.2) is 13.8 Å². The Labute approximate surface area is 227 Å². The van der Waals surface area contributed by atoms with E-state index in [-0.39, 0.29) is 11.8 Å². The zero-order valence-electron chi connectivity index (χ0n) is 22.9. The number of nitrogens with one attached hydrogen (secondary N) is 3. The van der Waals surface area contributed by atoms with Gasteiger partial charge < -0.3 is 35.1 Å². The van der Waals surface area contributed by atoms with Crippen LogP contribution in [0.25, 0.3) is 0 Å². The van der Waals surface area contributed by atoms with Gasteiger partial charge >= 0.3 is 7.82 Å². The first kappa shape index (κ1) is 25.3. The van der Waals surface area contributed by atoms with Crippen LogP contribution < -0.4 is 15.5 Å². The van der Waals surface area contributed by atoms with Crippen LogP contribution in [0.5, 0.6) is 0 Å². The number of carbonyl (C=O) groups is 1. The van der Waals surface area contributed by atoms with E-state index in [1.165, 1.54) is 11.8 Å². The third kappa shape index (κ3) is 9.08. The van der Waals surface area contributed by atoms with E-state index < -0.39 is 7.82 Å². The average molecular weight is 565 g/mol. The number of aromatic amines is 1. The van der Waals surface area contributed by atoms with Crippen molar-refractivity contribution in [3.05, 3.63) is 42.1 Å². The van der Waals surface area contributed by atoms with Crippen molar-refractivity contribution in [1.29, 1.82) is 0 Å². The van der Waals surface area contributed by atoms with Gasteiger partial charge in [0.05, 0.1) is 0 Å². The van der Waals surface area contributed by atoms with Crippen molar-refractivity contribution in [2.45, 2.75) is 29.8 Å². The van der Waals surface area contributed by atoms with Crippen LogP contribution in [-0.4, -0.2) is 78.9 Å². The summed E-state index contributed by atoms with van der Waals surface area (Å²) in [5.74, 6) is 1.72. The van der Waals surface area contributed by atoms with E-state index in [1.807, 2.05) is 24.3 Å². The van der Waals surface area contributed by atoms with Gasteiger partial charge in [-0.05, 0) is 62.8 Å². The van der Waals surface area contributed by atoms with Gasteiger partial charge in [-0.25, -0.2) is 14.5 Å². The molecular formula is C23H31N8O5PS. The third-order valence-electron chi connectivity index (χ3n) is 5.66. The summed E-state index contributed by atoms with van der Waals surface area (Å²) in [4.78, 5) is 48.4. The maximum absolute atomic E-state index is 12.0. The number of piperazine rings is 1. The third-order valence-corrected chi connectivity index (χ3v) is 6.54. The van der Waals surface area contributed by atoms with E-state index in [9.17, 15) is 4.79 Å². The summed E-state index contributed by atoms with van der Waals surface area (Å²) in [5, 5.41) is 9.71. The highest BCUT2D eigenvalue weighted by molar-refractivity contribution is 7.99. The monoisotopic (exact) mass is 564 g/mol. The second kappa shape index (κ2) is 12.2. The molecule has 6 N–H and O–H groups in total. The standard InChI is InChI=1S/C23H28N8OS.H3O4P/c1-15-13-20(29-28-15)25-19-14-21(31-11-9-30(2)10-12-31)27-23(26-19)33-18-7-5-17(6-8-18)24-22(32)16-3-4-16;1-5(2,3)4/h5-8,13-14,16H,3-4,9-12H2,1-2H3,(H,24,32)(H2,25,26,27,28,29);(H3,1,2,3,4)/i/hD2. The zero-order valence-corrected chi connectivity index (χ0v) is 22.6. The number of anilines is 4. The van der Waals surface area contributed by atoms with E-state index in [1.54, 1.807) is 19.1 Å². The van der Waals surface area contributed by atoms with Gasteiger partial charge in [0, 0.05) is 60.5 Å². The Bertz CT molecular complexity index is 1350. The minimum Gasteiger partial charge on any atom is -0.354 e. The van der Waals surface area contributed by atoms with E-state index in [0.29, 0.717) is 22.5 Å². The van der Waals surface area contributed by atoms with E-state index in [2.05, 4.69) is 32.2 Å². The van der Waals surface area contributed by atoms with Crippen molar-refractivity contribution >= 4 is 48.6 Å². The fourth-order valence-electron chi connectivity index (χ4n) is 3.55. The quantitative estimate of drug-likeness (QED) is 0.183. The molecule has 1 amide bonds. The first-order valence-electron chi connectivity index (χ1n) is 12.8. The lowest BCUT2D eigenvalue weighted by Crippen LogP contribution is -2.44. The Morgan fingerprint density at radius 1 is 1.13 bits per heavy atom. The number of benzene rings is 1. The van der Waals surface area contributed by atoms with Crippen LogP contribution in [0.2, 0.25) is 2.82 Å². The molecule has 0 atom stereocenters. The van der Waals surface area contributed by atoms with Gasteiger partial charge in [0.1, 0.15) is 11.6 Å². The summed E-state index contributed by atoms with van der Waals surface area (Å²) < 4.78 is 25.3. The van der Waals surface area contributed by atoms with Gasteiger partial charge in [-0.15, -0.1) is 0 Å². The van der Waals surface area contributed by atoms with Gasteiger partial charge in [-0.1, -0.05) is 0 Å². The fourth-order valence-corrected chi connectivity index (χ4v) is 4.31. The van der Waals surface area contributed by atoms with Gasteiger partial charge in [-0.3, -0.25) is 9.89 Å². The summed E-state index contributed by atoms with van der Waals surface area (Å²) in [6, 6.07) is 11.1. The predicted molar refractivity (Wildman–Crippen MR) is 145 cm³/mol. The number of hydrogen-bond acceptors (Lipinski definition) is 9. The number of nitrogens with zero attached hydrogens (tertiary/aromatic N) is 5. The number of hydrogen-bond donors (Lipinski definition) is 6. The van der Waals surface area contributed by atoms with E-state index in [0.717, 1.165) is 65.8 Å². The van der Waals surface area contributed by atoms with Crippen molar-refractivity contribution in [2.24, 2.45) is 5.92 Å². The Balaban J connectivity index is 0.000000681. The zero-order chi connectivity index (χ0) is 29.0. The first-order valence-corrected chi connectivity index (χ1v) is 14.3. The predicted octanol–water partition coefficient (Wildman–Crippen LogP) is 2.57. The van der Waals surface area contributed by atoms with Gasteiger partial charge in [0.2, 0.25) is 5.91 Å². The Morgan fingerprint density at radius 2 is 1.79 bits per heavy atom. The average Bonchev–Trinajstić information content (AvgIpc) is 3.69. The molecule has 3 heterocycles. The number of carbonyl (C=O) groups excluding carboxylic acids is 1. The van der Waals surface area contributed by atoms with Crippen LogP contribution >= 0.6 is 19.6 Å². The number of phosphoric acid groups is 1. The Hall–Kier alpha value is -3.00. The minimum absolute atomic E-state index is 0.0825. The van der Waals surface area contributed by atoms with Crippen LogP contribution in [0.1, 0.15) is 18.5 Å². The van der Waals surface area contributed by atoms with Crippen LogP contribution in [0, 0.1) is 12.8 Å². The van der Waals surface area contributed by atoms with Crippen LogP contribution in [0.3, 0.4) is 0 Å². The summed E-state index contributed by atoms with van der Waals surface area (Å²) in [6.45, 7) is 5.31. The van der Waals surface area contributed by atoms with Crippen molar-refractivity contribution in [2.75, 3.05) is 48.8 Å². The molecule has 1 aliphatic heterocycles. The summed E-state index contributed by atoms with van der Waals surface area (Å²) in [5.41, 5.74) is 1.41. The normalized spacial score (nSPS) is 16.7. The second-order valence-corrected chi connectivity index (χ2v) is 11.1. The summed E-state index contributed by atoms with van der Waals surface area (Å²) in [7, 11) is -2.54. The van der Waals surface area contributed by atoms with Crippen LogP contribution in [-0.2, 0) is 9.36 Å².